The molecule has 0 bridgehead atoms. The van der Waals surface area contributed by atoms with E-state index in [0.717, 1.165) is 29.4 Å². The molecule has 2 heterocycles. The smallest absolute Gasteiger partial charge is 0.254 e. The highest BCUT2D eigenvalue weighted by molar-refractivity contribution is 6.06. The van der Waals surface area contributed by atoms with Crippen molar-refractivity contribution in [3.05, 3.63) is 36.0 Å². The first-order valence-corrected chi connectivity index (χ1v) is 5.98. The van der Waals surface area contributed by atoms with Crippen LogP contribution in [0.25, 0.3) is 10.9 Å². The number of benzene rings is 1. The van der Waals surface area contributed by atoms with Crippen LogP contribution in [0.3, 0.4) is 0 Å². The van der Waals surface area contributed by atoms with Crippen molar-refractivity contribution in [3.63, 3.8) is 0 Å². The highest BCUT2D eigenvalue weighted by Crippen LogP contribution is 2.32. The zero-order valence-electron chi connectivity index (χ0n) is 10.2. The summed E-state index contributed by atoms with van der Waals surface area (Å²) in [4.78, 5) is 17.6. The number of amides is 1. The fourth-order valence-corrected chi connectivity index (χ4v) is 2.46. The van der Waals surface area contributed by atoms with Gasteiger partial charge >= 0.3 is 0 Å². The predicted octanol–water partition coefficient (Wildman–Crippen LogP) is 2.79. The molecule has 1 saturated heterocycles. The normalized spacial score (nSPS) is 18.1. The number of nitrogens with zero attached hydrogens (tertiary/aromatic N) is 1. The summed E-state index contributed by atoms with van der Waals surface area (Å²) in [6.45, 7) is 5.10. The molecule has 1 aromatic carbocycles. The Balaban J connectivity index is 2.04. The topological polar surface area (TPSA) is 36.1 Å². The van der Waals surface area contributed by atoms with Gasteiger partial charge in [0.1, 0.15) is 0 Å². The van der Waals surface area contributed by atoms with Crippen molar-refractivity contribution >= 4 is 16.8 Å². The van der Waals surface area contributed by atoms with Crippen LogP contribution < -0.4 is 0 Å². The van der Waals surface area contributed by atoms with E-state index in [1.807, 2.05) is 35.4 Å². The summed E-state index contributed by atoms with van der Waals surface area (Å²) in [5, 5.41) is 1.01. The van der Waals surface area contributed by atoms with E-state index in [4.69, 9.17) is 0 Å². The zero-order chi connectivity index (χ0) is 12.0. The molecule has 2 aromatic rings. The first-order chi connectivity index (χ1) is 8.09. The molecule has 3 nitrogen and oxygen atoms in total. The van der Waals surface area contributed by atoms with E-state index in [1.54, 1.807) is 0 Å². The van der Waals surface area contributed by atoms with Crippen molar-refractivity contribution in [2.24, 2.45) is 0 Å². The largest absolute Gasteiger partial charge is 0.361 e. The highest BCUT2D eigenvalue weighted by Gasteiger charge is 2.39. The second kappa shape index (κ2) is 3.36. The van der Waals surface area contributed by atoms with Crippen molar-refractivity contribution in [1.82, 2.24) is 9.88 Å². The Morgan fingerprint density at radius 1 is 1.35 bits per heavy atom. The number of likely N-dealkylation sites (tertiary alicyclic amines) is 1. The van der Waals surface area contributed by atoms with Crippen LogP contribution in [0.4, 0.5) is 0 Å². The monoisotopic (exact) mass is 228 g/mol. The lowest BCUT2D eigenvalue weighted by atomic mass is 9.88. The lowest BCUT2D eigenvalue weighted by Crippen LogP contribution is -2.58. The molecule has 1 amide bonds. The van der Waals surface area contributed by atoms with Crippen LogP contribution >= 0.6 is 0 Å². The Hall–Kier alpha value is -1.77. The van der Waals surface area contributed by atoms with Crippen LogP contribution in [-0.2, 0) is 0 Å². The summed E-state index contributed by atoms with van der Waals surface area (Å²) in [7, 11) is 0. The fourth-order valence-electron chi connectivity index (χ4n) is 2.46. The van der Waals surface area contributed by atoms with Crippen molar-refractivity contribution in [2.75, 3.05) is 6.54 Å². The van der Waals surface area contributed by atoms with Gasteiger partial charge in [0, 0.05) is 34.7 Å². The van der Waals surface area contributed by atoms with Gasteiger partial charge in [-0.25, -0.2) is 0 Å². The van der Waals surface area contributed by atoms with Gasteiger partial charge in [-0.15, -0.1) is 0 Å². The molecule has 0 aliphatic carbocycles. The Morgan fingerprint density at radius 3 is 2.82 bits per heavy atom. The van der Waals surface area contributed by atoms with Gasteiger partial charge in [0.15, 0.2) is 0 Å². The fraction of sp³-hybridized carbons (Fsp3) is 0.357. The Morgan fingerprint density at radius 2 is 2.18 bits per heavy atom. The Kier molecular flexibility index (Phi) is 2.05. The van der Waals surface area contributed by atoms with E-state index in [0.29, 0.717) is 0 Å². The molecular formula is C14H16N2O. The molecule has 0 radical (unpaired) electrons. The molecule has 88 valence electrons. The molecule has 0 atom stereocenters. The number of carbonyl (C=O) groups is 1. The van der Waals surface area contributed by atoms with Crippen LogP contribution in [0.2, 0.25) is 0 Å². The molecule has 3 heteroatoms. The molecule has 0 unspecified atom stereocenters. The summed E-state index contributed by atoms with van der Waals surface area (Å²) in [5.41, 5.74) is 1.83. The number of hydrogen-bond acceptors (Lipinski definition) is 1. The first-order valence-electron chi connectivity index (χ1n) is 5.98. The average Bonchev–Trinajstić information content (AvgIpc) is 2.75. The van der Waals surface area contributed by atoms with Gasteiger partial charge in [-0.1, -0.05) is 6.07 Å². The maximum Gasteiger partial charge on any atom is 0.254 e. The van der Waals surface area contributed by atoms with Gasteiger partial charge in [-0.2, -0.15) is 0 Å². The first kappa shape index (κ1) is 10.4. The van der Waals surface area contributed by atoms with Crippen LogP contribution in [0.15, 0.2) is 30.5 Å². The van der Waals surface area contributed by atoms with Gasteiger partial charge in [0.25, 0.3) is 5.91 Å². The van der Waals surface area contributed by atoms with Crippen molar-refractivity contribution in [3.8, 4) is 0 Å². The molecule has 1 N–H and O–H groups in total. The number of H-pyrrole nitrogens is 1. The van der Waals surface area contributed by atoms with Crippen molar-refractivity contribution < 1.29 is 4.79 Å². The van der Waals surface area contributed by atoms with Gasteiger partial charge in [-0.3, -0.25) is 4.79 Å². The van der Waals surface area contributed by atoms with Crippen LogP contribution in [0, 0.1) is 0 Å². The van der Waals surface area contributed by atoms with E-state index >= 15 is 0 Å². The molecule has 1 aliphatic heterocycles. The van der Waals surface area contributed by atoms with Crippen LogP contribution in [0.5, 0.6) is 0 Å². The maximum absolute atomic E-state index is 12.5. The molecule has 1 aromatic heterocycles. The number of aromatic nitrogens is 1. The summed E-state index contributed by atoms with van der Waals surface area (Å²) in [6, 6.07) is 7.80. The second-order valence-corrected chi connectivity index (χ2v) is 5.26. The minimum Gasteiger partial charge on any atom is -0.361 e. The van der Waals surface area contributed by atoms with E-state index in [1.165, 1.54) is 0 Å². The third kappa shape index (κ3) is 1.46. The lowest BCUT2D eigenvalue weighted by Gasteiger charge is -2.48. The molecule has 1 fully saturated rings. The van der Waals surface area contributed by atoms with Crippen molar-refractivity contribution in [2.45, 2.75) is 25.8 Å². The van der Waals surface area contributed by atoms with Gasteiger partial charge in [-0.05, 0) is 38.5 Å². The average molecular weight is 228 g/mol. The summed E-state index contributed by atoms with van der Waals surface area (Å²) in [5.74, 6) is 0.145. The third-order valence-electron chi connectivity index (χ3n) is 3.75. The molecule has 17 heavy (non-hydrogen) atoms. The highest BCUT2D eigenvalue weighted by atomic mass is 16.2. The molecule has 3 rings (SSSR count). The SMILES string of the molecule is CC1(C)CCN1C(=O)c1cccc2[nH]ccc12. The predicted molar refractivity (Wildman–Crippen MR) is 68.0 cm³/mol. The maximum atomic E-state index is 12.5. The number of nitrogens with one attached hydrogen (secondary N) is 1. The number of carbonyl (C=O) groups excluding carboxylic acids is 1. The molecule has 1 aliphatic rings. The summed E-state index contributed by atoms with van der Waals surface area (Å²) < 4.78 is 0. The van der Waals surface area contributed by atoms with Crippen LogP contribution in [-0.4, -0.2) is 27.9 Å². The Labute approximate surface area is 100 Å². The minimum absolute atomic E-state index is 0.00948. The minimum atomic E-state index is 0.00948. The lowest BCUT2D eigenvalue weighted by molar-refractivity contribution is 0.0159. The molecular weight excluding hydrogens is 212 g/mol. The quantitative estimate of drug-likeness (QED) is 0.800. The second-order valence-electron chi connectivity index (χ2n) is 5.26. The van der Waals surface area contributed by atoms with Crippen LogP contribution in [0.1, 0.15) is 30.6 Å². The van der Waals surface area contributed by atoms with E-state index in [2.05, 4.69) is 18.8 Å². The van der Waals surface area contributed by atoms with E-state index in [-0.39, 0.29) is 11.4 Å². The summed E-state index contributed by atoms with van der Waals surface area (Å²) >= 11 is 0. The third-order valence-corrected chi connectivity index (χ3v) is 3.75. The van der Waals surface area contributed by atoms with Gasteiger partial charge in [0.2, 0.25) is 0 Å². The van der Waals surface area contributed by atoms with Crippen molar-refractivity contribution in [1.29, 1.82) is 0 Å². The molecule has 0 saturated carbocycles. The van der Waals surface area contributed by atoms with Gasteiger partial charge < -0.3 is 9.88 Å². The zero-order valence-corrected chi connectivity index (χ0v) is 10.2. The standard InChI is InChI=1S/C14H16N2O/c1-14(2)7-9-16(14)13(17)11-4-3-5-12-10(11)6-8-15-12/h3-6,8,15H,7,9H2,1-2H3. The summed E-state index contributed by atoms with van der Waals surface area (Å²) in [6.07, 6.45) is 2.96. The number of aromatic amines is 1. The number of fused-ring (bicyclic) bond motifs is 1. The number of hydrogen-bond donors (Lipinski definition) is 1. The van der Waals surface area contributed by atoms with E-state index in [9.17, 15) is 4.79 Å². The van der Waals surface area contributed by atoms with E-state index < -0.39 is 0 Å². The number of rotatable bonds is 1. The van der Waals surface area contributed by atoms with Gasteiger partial charge in [0.05, 0.1) is 0 Å². The Bertz CT molecular complexity index is 583. The molecule has 0 spiro atoms.